The number of Topliss-reactive ketones (excluding diaryl/α,β-unsaturated/α-hetero) is 2. The van der Waals surface area contributed by atoms with Crippen molar-refractivity contribution in [3.63, 3.8) is 0 Å². The lowest BCUT2D eigenvalue weighted by Gasteiger charge is -2.18. The van der Waals surface area contributed by atoms with Gasteiger partial charge in [0.25, 0.3) is 5.91 Å². The summed E-state index contributed by atoms with van der Waals surface area (Å²) in [6, 6.07) is 20.9. The molecule has 0 bridgehead atoms. The summed E-state index contributed by atoms with van der Waals surface area (Å²) in [6.45, 7) is 0. The molecule has 3 aliphatic rings. The molecule has 0 fully saturated rings. The highest BCUT2D eigenvalue weighted by atomic mass is 19.1. The predicted octanol–water partition coefficient (Wildman–Crippen LogP) is 9.70. The number of rotatable bonds is 5. The molecule has 5 aromatic rings. The van der Waals surface area contributed by atoms with Crippen LogP contribution in [0.2, 0.25) is 0 Å². The number of halogens is 2. The van der Waals surface area contributed by atoms with Crippen molar-refractivity contribution in [2.45, 2.75) is 83.5 Å². The van der Waals surface area contributed by atoms with Gasteiger partial charge in [-0.3, -0.25) is 19.7 Å². The first-order valence-electron chi connectivity index (χ1n) is 19.8. The van der Waals surface area contributed by atoms with Crippen LogP contribution in [0.3, 0.4) is 0 Å². The summed E-state index contributed by atoms with van der Waals surface area (Å²) in [5.74, 6) is 0.404. The van der Waals surface area contributed by atoms with Crippen LogP contribution < -0.4 is 19.5 Å². The number of aromatic nitrogens is 2. The van der Waals surface area contributed by atoms with E-state index in [0.29, 0.717) is 18.6 Å². The molecule has 8 rings (SSSR count). The zero-order valence-corrected chi connectivity index (χ0v) is 33.3. The maximum Gasteiger partial charge on any atom is 0.263 e. The quantitative estimate of drug-likeness (QED) is 0.175. The van der Waals surface area contributed by atoms with Crippen molar-refractivity contribution in [3.05, 3.63) is 130 Å². The molecule has 0 saturated heterocycles. The predicted molar refractivity (Wildman–Crippen MR) is 219 cm³/mol. The fraction of sp³-hybridized carbons (Fsp3) is 0.340. The van der Waals surface area contributed by atoms with E-state index in [9.17, 15) is 23.2 Å². The number of benzene rings is 4. The molecule has 0 radical (unpaired) electrons. The minimum absolute atomic E-state index is 0.0204. The minimum Gasteiger partial charge on any atom is -0.497 e. The van der Waals surface area contributed by atoms with Crippen LogP contribution in [0.25, 0.3) is 11.1 Å². The van der Waals surface area contributed by atoms with Gasteiger partial charge in [-0.1, -0.05) is 18.2 Å². The van der Waals surface area contributed by atoms with E-state index in [-0.39, 0.29) is 11.7 Å². The summed E-state index contributed by atoms with van der Waals surface area (Å²) in [7, 11) is 4.96. The number of ketones is 2. The number of methoxy groups -OCH3 is 3. The van der Waals surface area contributed by atoms with Crippen molar-refractivity contribution in [3.8, 4) is 28.4 Å². The van der Waals surface area contributed by atoms with Gasteiger partial charge in [-0.2, -0.15) is 0 Å². The number of anilines is 1. The lowest BCUT2D eigenvalue weighted by molar-refractivity contribution is -0.118. The summed E-state index contributed by atoms with van der Waals surface area (Å²) in [5, 5.41) is 2.41. The molecule has 0 aliphatic heterocycles. The fourth-order valence-electron chi connectivity index (χ4n) is 7.53. The van der Waals surface area contributed by atoms with Crippen LogP contribution in [0.4, 0.5) is 14.7 Å². The van der Waals surface area contributed by atoms with E-state index in [0.717, 1.165) is 134 Å². The summed E-state index contributed by atoms with van der Waals surface area (Å²) in [6.07, 6.45) is 13.6. The smallest absolute Gasteiger partial charge is 0.263 e. The third kappa shape index (κ3) is 10.5. The van der Waals surface area contributed by atoms with Gasteiger partial charge in [-0.05, 0) is 147 Å². The maximum absolute atomic E-state index is 13.9. The number of hydrogen-bond donors (Lipinski definition) is 1. The molecular weight excluding hydrogens is 741 g/mol. The number of ether oxygens (including phenoxy) is 3. The Hall–Kier alpha value is -5.97. The number of amides is 1. The summed E-state index contributed by atoms with van der Waals surface area (Å²) in [4.78, 5) is 44.2. The van der Waals surface area contributed by atoms with Gasteiger partial charge in [0.15, 0.2) is 5.78 Å². The van der Waals surface area contributed by atoms with Gasteiger partial charge in [-0.15, -0.1) is 0 Å². The highest BCUT2D eigenvalue weighted by molar-refractivity contribution is 6.03. The lowest BCUT2D eigenvalue weighted by Crippen LogP contribution is -2.18. The van der Waals surface area contributed by atoms with Gasteiger partial charge >= 0.3 is 0 Å². The zero-order chi connectivity index (χ0) is 41.0. The molecule has 9 nitrogen and oxygen atoms in total. The van der Waals surface area contributed by atoms with Crippen LogP contribution in [-0.2, 0) is 36.9 Å². The number of aryl methyl sites for hydroxylation is 4. The second-order valence-electron chi connectivity index (χ2n) is 14.5. The van der Waals surface area contributed by atoms with Gasteiger partial charge in [-0.25, -0.2) is 18.7 Å². The van der Waals surface area contributed by atoms with Gasteiger partial charge in [0, 0.05) is 36.6 Å². The number of nitrogens with zero attached hydrogens (tertiary/aromatic N) is 2. The average Bonchev–Trinajstić information content (AvgIpc) is 3.40. The van der Waals surface area contributed by atoms with Crippen LogP contribution in [0.15, 0.2) is 79.0 Å². The van der Waals surface area contributed by atoms with E-state index in [4.69, 9.17) is 14.2 Å². The molecule has 4 aromatic carbocycles. The van der Waals surface area contributed by atoms with Gasteiger partial charge in [0.1, 0.15) is 40.2 Å². The third-order valence-corrected chi connectivity index (χ3v) is 10.7. The van der Waals surface area contributed by atoms with Crippen molar-refractivity contribution in [1.29, 1.82) is 0 Å². The standard InChI is InChI=1S/C22H19F2N3O2.C13H16O2.C12H14O2/c1-29-14-9-10-15-13(11-14)5-2-3-8-19-16(15)12-25-22(26-19)27-21(28)20-17(23)6-4-7-18(20)24;1-15-13-7-6-11-8-12(14)5-3-2-4-10(11)9-13;1-14-10-6-7-11-9(8-10)4-2-3-5-12(11)13/h4,6-7,9-12H,2-3,5,8H2,1H3,(H,25,26,27,28);6-7,9H,2-5,8H2,1H3;6-8H,2-5H2,1H3. The SMILES string of the molecule is COc1ccc2c(c1)CCCCC(=O)C2.COc1ccc2c(c1)CCCCC2=O.COc1ccc2c(c1)CCCCc1nc(NC(=O)c3c(F)cccc3F)ncc1-2. The Balaban J connectivity index is 0.000000163. The van der Waals surface area contributed by atoms with E-state index in [2.05, 4.69) is 21.4 Å². The molecule has 0 atom stereocenters. The molecule has 1 heterocycles. The summed E-state index contributed by atoms with van der Waals surface area (Å²) < 4.78 is 43.4. The van der Waals surface area contributed by atoms with Crippen LogP contribution in [0, 0.1) is 11.6 Å². The molecule has 3 aliphatic carbocycles. The second kappa shape index (κ2) is 19.9. The second-order valence-corrected chi connectivity index (χ2v) is 14.5. The van der Waals surface area contributed by atoms with Crippen LogP contribution in [0.5, 0.6) is 17.2 Å². The Kier molecular flexibility index (Phi) is 14.3. The monoisotopic (exact) mass is 789 g/mol. The van der Waals surface area contributed by atoms with E-state index < -0.39 is 23.1 Å². The summed E-state index contributed by atoms with van der Waals surface area (Å²) >= 11 is 0. The minimum atomic E-state index is -0.934. The largest absolute Gasteiger partial charge is 0.497 e. The molecule has 11 heteroatoms. The van der Waals surface area contributed by atoms with Crippen molar-refractivity contribution < 1.29 is 37.4 Å². The Bertz CT molecular complexity index is 2260. The van der Waals surface area contributed by atoms with E-state index in [1.54, 1.807) is 27.5 Å². The molecule has 0 unspecified atom stereocenters. The molecule has 1 N–H and O–H groups in total. The Labute approximate surface area is 338 Å². The number of fused-ring (bicyclic) bond motifs is 5. The van der Waals surface area contributed by atoms with Gasteiger partial charge in [0.2, 0.25) is 5.95 Å². The van der Waals surface area contributed by atoms with Gasteiger partial charge < -0.3 is 14.2 Å². The average molecular weight is 790 g/mol. The third-order valence-electron chi connectivity index (χ3n) is 10.7. The number of carbonyl (C=O) groups excluding carboxylic acids is 3. The molecule has 1 aromatic heterocycles. The van der Waals surface area contributed by atoms with Crippen molar-refractivity contribution in [1.82, 2.24) is 9.97 Å². The number of nitrogens with one attached hydrogen (secondary N) is 1. The topological polar surface area (TPSA) is 117 Å². The fourth-order valence-corrected chi connectivity index (χ4v) is 7.53. The molecule has 58 heavy (non-hydrogen) atoms. The van der Waals surface area contributed by atoms with Crippen molar-refractivity contribution >= 4 is 23.4 Å². The van der Waals surface area contributed by atoms with Crippen molar-refractivity contribution in [2.75, 3.05) is 26.6 Å². The van der Waals surface area contributed by atoms with Crippen molar-refractivity contribution in [2.24, 2.45) is 0 Å². The van der Waals surface area contributed by atoms with Gasteiger partial charge in [0.05, 0.1) is 27.0 Å². The Morgan fingerprint density at radius 3 is 1.79 bits per heavy atom. The number of carbonyl (C=O) groups is 3. The molecule has 0 saturated carbocycles. The Morgan fingerprint density at radius 1 is 0.603 bits per heavy atom. The van der Waals surface area contributed by atoms with Crippen LogP contribution >= 0.6 is 0 Å². The first-order valence-corrected chi connectivity index (χ1v) is 19.8. The molecule has 302 valence electrons. The number of hydrogen-bond acceptors (Lipinski definition) is 8. The zero-order valence-electron chi connectivity index (χ0n) is 33.3. The first kappa shape index (κ1) is 41.7. The van der Waals surface area contributed by atoms with Crippen LogP contribution in [0.1, 0.15) is 100 Å². The highest BCUT2D eigenvalue weighted by Crippen LogP contribution is 2.33. The normalized spacial score (nSPS) is 14.6. The Morgan fingerprint density at radius 2 is 1.14 bits per heavy atom. The highest BCUT2D eigenvalue weighted by Gasteiger charge is 2.21. The summed E-state index contributed by atoms with van der Waals surface area (Å²) in [5.41, 5.74) is 7.70. The molecule has 1 amide bonds. The van der Waals surface area contributed by atoms with E-state index >= 15 is 0 Å². The first-order chi connectivity index (χ1) is 28.2. The van der Waals surface area contributed by atoms with E-state index in [1.165, 1.54) is 17.2 Å². The maximum atomic E-state index is 13.9. The molecular formula is C47H49F2N3O6. The van der Waals surface area contributed by atoms with Crippen LogP contribution in [-0.4, -0.2) is 48.8 Å². The van der Waals surface area contributed by atoms with E-state index in [1.807, 2.05) is 48.5 Å². The molecule has 0 spiro atoms. The lowest BCUT2D eigenvalue weighted by atomic mass is 9.91.